The first-order chi connectivity index (χ1) is 8.40. The number of aldehydes is 1. The molecule has 0 aromatic heterocycles. The van der Waals surface area contributed by atoms with Gasteiger partial charge in [-0.15, -0.1) is 0 Å². The second kappa shape index (κ2) is 5.87. The van der Waals surface area contributed by atoms with E-state index in [4.69, 9.17) is 16.3 Å². The molecule has 1 amide bonds. The van der Waals surface area contributed by atoms with E-state index in [1.165, 1.54) is 0 Å². The second-order valence-corrected chi connectivity index (χ2v) is 5.00. The van der Waals surface area contributed by atoms with Crippen molar-refractivity contribution in [3.63, 3.8) is 0 Å². The normalized spacial score (nSPS) is 10.9. The Hall–Kier alpha value is -1.55. The summed E-state index contributed by atoms with van der Waals surface area (Å²) in [5, 5.41) is 3.13. The number of rotatable bonds is 5. The molecule has 0 spiro atoms. The van der Waals surface area contributed by atoms with Crippen molar-refractivity contribution in [1.82, 2.24) is 5.32 Å². The summed E-state index contributed by atoms with van der Waals surface area (Å²) in [5.74, 6) is 0.0637. The lowest BCUT2D eigenvalue weighted by Crippen LogP contribution is -2.37. The molecule has 1 rings (SSSR count). The van der Waals surface area contributed by atoms with Gasteiger partial charge in [0.2, 0.25) is 6.29 Å². The van der Waals surface area contributed by atoms with Crippen molar-refractivity contribution in [2.24, 2.45) is 0 Å². The molecule has 1 aromatic carbocycles. The zero-order valence-electron chi connectivity index (χ0n) is 10.6. The van der Waals surface area contributed by atoms with Crippen LogP contribution in [0.25, 0.3) is 0 Å². The van der Waals surface area contributed by atoms with Crippen molar-refractivity contribution in [3.05, 3.63) is 28.8 Å². The molecule has 0 saturated heterocycles. The Kier molecular flexibility index (Phi) is 4.73. The molecular formula is C13H16ClNO3. The fourth-order valence-corrected chi connectivity index (χ4v) is 1.83. The van der Waals surface area contributed by atoms with Crippen LogP contribution in [0.2, 0.25) is 5.02 Å². The molecule has 0 atom stereocenters. The monoisotopic (exact) mass is 269 g/mol. The van der Waals surface area contributed by atoms with Gasteiger partial charge in [0.25, 0.3) is 5.91 Å². The maximum Gasteiger partial charge on any atom is 0.284 e. The number of ether oxygens (including phenoxy) is 1. The predicted octanol–water partition coefficient (Wildman–Crippen LogP) is 1.94. The smallest absolute Gasteiger partial charge is 0.284 e. The van der Waals surface area contributed by atoms with E-state index in [0.29, 0.717) is 17.3 Å². The molecule has 0 saturated carbocycles. The van der Waals surface area contributed by atoms with E-state index in [0.717, 1.165) is 5.56 Å². The van der Waals surface area contributed by atoms with Gasteiger partial charge in [0.1, 0.15) is 5.75 Å². The summed E-state index contributed by atoms with van der Waals surface area (Å²) < 4.78 is 5.28. The number of methoxy groups -OCH3 is 1. The van der Waals surface area contributed by atoms with Crippen LogP contribution in [0.4, 0.5) is 0 Å². The Bertz CT molecular complexity index is 458. The third-order valence-electron chi connectivity index (χ3n) is 2.70. The zero-order chi connectivity index (χ0) is 13.8. The van der Waals surface area contributed by atoms with Crippen LogP contribution in [0.15, 0.2) is 18.2 Å². The number of halogens is 1. The zero-order valence-corrected chi connectivity index (χ0v) is 11.4. The van der Waals surface area contributed by atoms with E-state index < -0.39 is 11.3 Å². The Morgan fingerprint density at radius 2 is 2.17 bits per heavy atom. The van der Waals surface area contributed by atoms with Crippen molar-refractivity contribution in [2.45, 2.75) is 19.3 Å². The van der Waals surface area contributed by atoms with Crippen LogP contribution in [0, 0.1) is 0 Å². The SMILES string of the molecule is COc1ccc(Cl)cc1C(C)(C)CNC(=O)C=O. The van der Waals surface area contributed by atoms with Gasteiger partial charge in [0, 0.05) is 22.5 Å². The molecule has 0 fully saturated rings. The van der Waals surface area contributed by atoms with Crippen LogP contribution in [-0.4, -0.2) is 25.8 Å². The number of benzene rings is 1. The lowest BCUT2D eigenvalue weighted by molar-refractivity contribution is -0.131. The minimum Gasteiger partial charge on any atom is -0.496 e. The minimum absolute atomic E-state index is 0.255. The van der Waals surface area contributed by atoms with Gasteiger partial charge in [0.15, 0.2) is 0 Å². The Balaban J connectivity index is 2.99. The largest absolute Gasteiger partial charge is 0.496 e. The molecule has 0 unspecified atom stereocenters. The van der Waals surface area contributed by atoms with Gasteiger partial charge in [-0.2, -0.15) is 0 Å². The topological polar surface area (TPSA) is 55.4 Å². The van der Waals surface area contributed by atoms with Crippen molar-refractivity contribution in [3.8, 4) is 5.75 Å². The predicted molar refractivity (Wildman–Crippen MR) is 70.1 cm³/mol. The van der Waals surface area contributed by atoms with E-state index in [9.17, 15) is 9.59 Å². The van der Waals surface area contributed by atoms with Gasteiger partial charge in [-0.25, -0.2) is 0 Å². The summed E-state index contributed by atoms with van der Waals surface area (Å²) in [6.45, 7) is 4.19. The number of amides is 1. The standard InChI is InChI=1S/C13H16ClNO3/c1-13(2,8-15-12(17)7-16)10-6-9(14)4-5-11(10)18-3/h4-7H,8H2,1-3H3,(H,15,17). The van der Waals surface area contributed by atoms with Gasteiger partial charge in [-0.05, 0) is 18.2 Å². The highest BCUT2D eigenvalue weighted by atomic mass is 35.5. The van der Waals surface area contributed by atoms with E-state index in [1.807, 2.05) is 13.8 Å². The van der Waals surface area contributed by atoms with E-state index in [2.05, 4.69) is 5.32 Å². The maximum absolute atomic E-state index is 11.0. The first-order valence-electron chi connectivity index (χ1n) is 5.47. The lowest BCUT2D eigenvalue weighted by Gasteiger charge is -2.27. The number of hydrogen-bond acceptors (Lipinski definition) is 3. The Labute approximate surface area is 111 Å². The average molecular weight is 270 g/mol. The number of hydrogen-bond donors (Lipinski definition) is 1. The molecular weight excluding hydrogens is 254 g/mol. The molecule has 0 aliphatic rings. The van der Waals surface area contributed by atoms with Crippen molar-refractivity contribution in [2.75, 3.05) is 13.7 Å². The van der Waals surface area contributed by atoms with Crippen LogP contribution in [0.3, 0.4) is 0 Å². The van der Waals surface area contributed by atoms with Crippen LogP contribution in [-0.2, 0) is 15.0 Å². The molecule has 1 aromatic rings. The second-order valence-electron chi connectivity index (χ2n) is 4.56. The summed E-state index contributed by atoms with van der Waals surface area (Å²) in [5.41, 5.74) is 0.484. The average Bonchev–Trinajstić information content (AvgIpc) is 2.36. The minimum atomic E-state index is -0.635. The van der Waals surface area contributed by atoms with Crippen LogP contribution in [0.5, 0.6) is 5.75 Å². The third kappa shape index (κ3) is 3.47. The Morgan fingerprint density at radius 3 is 2.72 bits per heavy atom. The van der Waals surface area contributed by atoms with Gasteiger partial charge < -0.3 is 10.1 Å². The molecule has 18 heavy (non-hydrogen) atoms. The summed E-state index contributed by atoms with van der Waals surface area (Å²) in [7, 11) is 1.58. The quantitative estimate of drug-likeness (QED) is 0.657. The third-order valence-corrected chi connectivity index (χ3v) is 2.94. The first kappa shape index (κ1) is 14.5. The van der Waals surface area contributed by atoms with Gasteiger partial charge in [-0.3, -0.25) is 9.59 Å². The molecule has 0 bridgehead atoms. The van der Waals surface area contributed by atoms with Crippen LogP contribution < -0.4 is 10.1 Å². The van der Waals surface area contributed by atoms with Crippen molar-refractivity contribution < 1.29 is 14.3 Å². The highest BCUT2D eigenvalue weighted by molar-refractivity contribution is 6.30. The molecule has 5 heteroatoms. The molecule has 0 aliphatic heterocycles. The highest BCUT2D eigenvalue weighted by Gasteiger charge is 2.25. The molecule has 98 valence electrons. The summed E-state index contributed by atoms with van der Waals surface area (Å²) in [6, 6.07) is 5.32. The number of carbonyl (C=O) groups excluding carboxylic acids is 2. The van der Waals surface area contributed by atoms with Gasteiger partial charge in [0.05, 0.1) is 7.11 Å². The summed E-state index contributed by atoms with van der Waals surface area (Å²) in [6.07, 6.45) is 0.255. The van der Waals surface area contributed by atoms with Crippen LogP contribution >= 0.6 is 11.6 Å². The van der Waals surface area contributed by atoms with E-state index in [1.54, 1.807) is 25.3 Å². The van der Waals surface area contributed by atoms with E-state index >= 15 is 0 Å². The maximum atomic E-state index is 11.0. The highest BCUT2D eigenvalue weighted by Crippen LogP contribution is 2.33. The lowest BCUT2D eigenvalue weighted by atomic mass is 9.84. The van der Waals surface area contributed by atoms with Crippen molar-refractivity contribution in [1.29, 1.82) is 0 Å². The van der Waals surface area contributed by atoms with Gasteiger partial charge >= 0.3 is 0 Å². The Morgan fingerprint density at radius 1 is 1.50 bits per heavy atom. The molecule has 1 N–H and O–H groups in total. The van der Waals surface area contributed by atoms with Gasteiger partial charge in [-0.1, -0.05) is 25.4 Å². The fourth-order valence-electron chi connectivity index (χ4n) is 1.65. The molecule has 0 heterocycles. The summed E-state index contributed by atoms with van der Waals surface area (Å²) in [4.78, 5) is 21.3. The van der Waals surface area contributed by atoms with Crippen LogP contribution in [0.1, 0.15) is 19.4 Å². The number of carbonyl (C=O) groups is 2. The molecule has 4 nitrogen and oxygen atoms in total. The number of nitrogens with one attached hydrogen (secondary N) is 1. The first-order valence-corrected chi connectivity index (χ1v) is 5.85. The molecule has 0 radical (unpaired) electrons. The summed E-state index contributed by atoms with van der Waals surface area (Å²) >= 11 is 5.97. The van der Waals surface area contributed by atoms with Crippen molar-refractivity contribution >= 4 is 23.8 Å². The van der Waals surface area contributed by atoms with E-state index in [-0.39, 0.29) is 6.29 Å². The molecule has 0 aliphatic carbocycles. The fraction of sp³-hybridized carbons (Fsp3) is 0.385.